The van der Waals surface area contributed by atoms with Crippen molar-refractivity contribution in [2.45, 2.75) is 27.2 Å². The smallest absolute Gasteiger partial charge is 0.0943 e. The van der Waals surface area contributed by atoms with E-state index < -0.39 is 0 Å². The monoisotopic (exact) mass is 109 g/mol. The summed E-state index contributed by atoms with van der Waals surface area (Å²) in [6.45, 7) is 5.88. The summed E-state index contributed by atoms with van der Waals surface area (Å²) in [6, 6.07) is 2.10. The van der Waals surface area contributed by atoms with Crippen molar-refractivity contribution in [2.75, 3.05) is 0 Å². The van der Waals surface area contributed by atoms with E-state index in [-0.39, 0.29) is 0 Å². The van der Waals surface area contributed by atoms with Gasteiger partial charge in [0, 0.05) is 5.57 Å². The Hall–Kier alpha value is -0.770. The highest BCUT2D eigenvalue weighted by Gasteiger charge is 1.88. The first-order chi connectivity index (χ1) is 3.72. The highest BCUT2D eigenvalue weighted by molar-refractivity contribution is 5.23. The van der Waals surface area contributed by atoms with Crippen LogP contribution in [0.25, 0.3) is 0 Å². The first kappa shape index (κ1) is 7.23. The Morgan fingerprint density at radius 1 is 1.50 bits per heavy atom. The molecule has 1 nitrogen and oxygen atoms in total. The van der Waals surface area contributed by atoms with Gasteiger partial charge in [-0.25, -0.2) is 0 Å². The number of hydrogen-bond donors (Lipinski definition) is 0. The third kappa shape index (κ3) is 1.79. The number of nitriles is 1. The molecule has 0 rings (SSSR count). The lowest BCUT2D eigenvalue weighted by Gasteiger charge is -1.92. The van der Waals surface area contributed by atoms with Crippen molar-refractivity contribution in [2.24, 2.45) is 0 Å². The van der Waals surface area contributed by atoms with Crippen LogP contribution in [0.1, 0.15) is 27.2 Å². The van der Waals surface area contributed by atoms with Crippen molar-refractivity contribution in [3.8, 4) is 6.07 Å². The van der Waals surface area contributed by atoms with Crippen LogP contribution >= 0.6 is 0 Å². The van der Waals surface area contributed by atoms with E-state index in [4.69, 9.17) is 5.26 Å². The Morgan fingerprint density at radius 2 is 2.00 bits per heavy atom. The van der Waals surface area contributed by atoms with Crippen molar-refractivity contribution in [3.05, 3.63) is 11.1 Å². The van der Waals surface area contributed by atoms with Gasteiger partial charge in [-0.2, -0.15) is 5.26 Å². The minimum atomic E-state index is 0.854. The number of hydrogen-bond acceptors (Lipinski definition) is 1. The van der Waals surface area contributed by atoms with Gasteiger partial charge in [0.25, 0.3) is 0 Å². The molecule has 0 heterocycles. The lowest BCUT2D eigenvalue weighted by molar-refractivity contribution is 1.07. The Morgan fingerprint density at radius 3 is 2.12 bits per heavy atom. The molecule has 0 radical (unpaired) electrons. The SMILES string of the molecule is CCC(C)=C(C)C#N. The van der Waals surface area contributed by atoms with Gasteiger partial charge in [0.05, 0.1) is 6.07 Å². The molecule has 0 saturated carbocycles. The van der Waals surface area contributed by atoms with E-state index in [0.29, 0.717) is 0 Å². The predicted octanol–water partition coefficient (Wildman–Crippen LogP) is 2.26. The summed E-state index contributed by atoms with van der Waals surface area (Å²) in [4.78, 5) is 0. The van der Waals surface area contributed by atoms with Gasteiger partial charge in [-0.3, -0.25) is 0 Å². The molecule has 44 valence electrons. The van der Waals surface area contributed by atoms with Crippen LogP contribution in [0.15, 0.2) is 11.1 Å². The summed E-state index contributed by atoms with van der Waals surface area (Å²) in [5, 5.41) is 8.33. The standard InChI is InChI=1S/C7H11N/c1-4-6(2)7(3)5-8/h4H2,1-3H3. The summed E-state index contributed by atoms with van der Waals surface area (Å²) in [6.07, 6.45) is 0.986. The van der Waals surface area contributed by atoms with E-state index in [2.05, 4.69) is 13.0 Å². The summed E-state index contributed by atoms with van der Waals surface area (Å²) >= 11 is 0. The van der Waals surface area contributed by atoms with Crippen molar-refractivity contribution in [1.82, 2.24) is 0 Å². The predicted molar refractivity (Wildman–Crippen MR) is 34.3 cm³/mol. The van der Waals surface area contributed by atoms with Crippen LogP contribution in [0.4, 0.5) is 0 Å². The third-order valence-corrected chi connectivity index (χ3v) is 1.34. The number of rotatable bonds is 1. The normalized spacial score (nSPS) is 12.2. The van der Waals surface area contributed by atoms with Crippen molar-refractivity contribution in [3.63, 3.8) is 0 Å². The van der Waals surface area contributed by atoms with Crippen LogP contribution < -0.4 is 0 Å². The van der Waals surface area contributed by atoms with Crippen LogP contribution in [0, 0.1) is 11.3 Å². The Kier molecular flexibility index (Phi) is 2.95. The van der Waals surface area contributed by atoms with Crippen molar-refractivity contribution in [1.29, 1.82) is 5.26 Å². The molecular weight excluding hydrogens is 98.1 g/mol. The number of nitrogens with zero attached hydrogens (tertiary/aromatic N) is 1. The highest BCUT2D eigenvalue weighted by atomic mass is 14.2. The first-order valence-electron chi connectivity index (χ1n) is 2.78. The van der Waals surface area contributed by atoms with Gasteiger partial charge in [0.1, 0.15) is 0 Å². The molecule has 0 unspecified atom stereocenters. The van der Waals surface area contributed by atoms with Crippen LogP contribution in [0.2, 0.25) is 0 Å². The molecule has 0 saturated heterocycles. The zero-order valence-corrected chi connectivity index (χ0v) is 5.65. The summed E-state index contributed by atoms with van der Waals surface area (Å²) in [5.41, 5.74) is 2.04. The molecule has 0 bridgehead atoms. The van der Waals surface area contributed by atoms with Gasteiger partial charge in [0.2, 0.25) is 0 Å². The summed E-state index contributed by atoms with van der Waals surface area (Å²) in [7, 11) is 0. The largest absolute Gasteiger partial charge is 0.193 e. The van der Waals surface area contributed by atoms with E-state index in [1.807, 2.05) is 13.8 Å². The minimum Gasteiger partial charge on any atom is -0.193 e. The van der Waals surface area contributed by atoms with Crippen LogP contribution in [0.3, 0.4) is 0 Å². The first-order valence-corrected chi connectivity index (χ1v) is 2.78. The van der Waals surface area contributed by atoms with Crippen LogP contribution in [0.5, 0.6) is 0 Å². The average Bonchev–Trinajstić information content (AvgIpc) is 1.84. The van der Waals surface area contributed by atoms with Gasteiger partial charge >= 0.3 is 0 Å². The van der Waals surface area contributed by atoms with E-state index in [1.54, 1.807) is 0 Å². The zero-order valence-electron chi connectivity index (χ0n) is 5.65. The fraction of sp³-hybridized carbons (Fsp3) is 0.571. The van der Waals surface area contributed by atoms with E-state index in [9.17, 15) is 0 Å². The molecule has 0 amide bonds. The molecule has 0 aliphatic carbocycles. The second-order valence-corrected chi connectivity index (χ2v) is 1.87. The number of allylic oxidation sites excluding steroid dienone is 2. The van der Waals surface area contributed by atoms with Crippen molar-refractivity contribution >= 4 is 0 Å². The molecule has 0 N–H and O–H groups in total. The molecule has 0 aromatic rings. The Balaban J connectivity index is 4.10. The maximum Gasteiger partial charge on any atom is 0.0943 e. The molecule has 0 aliphatic rings. The molecule has 0 aliphatic heterocycles. The topological polar surface area (TPSA) is 23.8 Å². The Labute approximate surface area is 50.6 Å². The second-order valence-electron chi connectivity index (χ2n) is 1.87. The highest BCUT2D eigenvalue weighted by Crippen LogP contribution is 2.04. The minimum absolute atomic E-state index is 0.854. The molecule has 8 heavy (non-hydrogen) atoms. The molecule has 0 spiro atoms. The molecule has 0 atom stereocenters. The van der Waals surface area contributed by atoms with E-state index >= 15 is 0 Å². The van der Waals surface area contributed by atoms with Gasteiger partial charge in [-0.1, -0.05) is 12.5 Å². The van der Waals surface area contributed by atoms with E-state index in [0.717, 1.165) is 12.0 Å². The Bertz CT molecular complexity index is 137. The van der Waals surface area contributed by atoms with E-state index in [1.165, 1.54) is 5.57 Å². The second kappa shape index (κ2) is 3.26. The van der Waals surface area contributed by atoms with Gasteiger partial charge in [0.15, 0.2) is 0 Å². The van der Waals surface area contributed by atoms with Crippen LogP contribution in [-0.4, -0.2) is 0 Å². The molecule has 1 heteroatoms. The molecular formula is C7H11N. The van der Waals surface area contributed by atoms with Gasteiger partial charge < -0.3 is 0 Å². The van der Waals surface area contributed by atoms with Crippen LogP contribution in [-0.2, 0) is 0 Å². The zero-order chi connectivity index (χ0) is 6.57. The molecule has 0 aromatic carbocycles. The quantitative estimate of drug-likeness (QED) is 0.474. The van der Waals surface area contributed by atoms with Gasteiger partial charge in [-0.05, 0) is 20.3 Å². The summed E-state index contributed by atoms with van der Waals surface area (Å²) < 4.78 is 0. The lowest BCUT2D eigenvalue weighted by Crippen LogP contribution is -1.76. The fourth-order valence-corrected chi connectivity index (χ4v) is 0.361. The maximum absolute atomic E-state index is 8.33. The fourth-order valence-electron chi connectivity index (χ4n) is 0.361. The molecule has 0 aromatic heterocycles. The maximum atomic E-state index is 8.33. The molecule has 0 fully saturated rings. The van der Waals surface area contributed by atoms with Crippen molar-refractivity contribution < 1.29 is 0 Å². The average molecular weight is 109 g/mol. The summed E-state index contributed by atoms with van der Waals surface area (Å²) in [5.74, 6) is 0. The van der Waals surface area contributed by atoms with Gasteiger partial charge in [-0.15, -0.1) is 0 Å². The third-order valence-electron chi connectivity index (χ3n) is 1.34. The lowest BCUT2D eigenvalue weighted by atomic mass is 10.1.